The number of urea groups is 1. The monoisotopic (exact) mass is 777 g/mol. The fourth-order valence-electron chi connectivity index (χ4n) is 7.15. The minimum Gasteiger partial charge on any atom is -0.477 e. The van der Waals surface area contributed by atoms with Crippen molar-refractivity contribution >= 4 is 58.0 Å². The van der Waals surface area contributed by atoms with Gasteiger partial charge in [0, 0.05) is 75.4 Å². The number of hydrogen-bond donors (Lipinski definition) is 5. The highest BCUT2D eigenvalue weighted by atomic mass is 19.1. The minimum atomic E-state index is -1.38. The van der Waals surface area contributed by atoms with Crippen molar-refractivity contribution in [3.05, 3.63) is 69.8 Å². The van der Waals surface area contributed by atoms with Crippen LogP contribution in [-0.2, 0) is 32.3 Å². The molecule has 1 saturated heterocycles. The lowest BCUT2D eigenvalue weighted by Gasteiger charge is -2.39. The molecule has 0 radical (unpaired) electrons. The number of halogens is 1. The summed E-state index contributed by atoms with van der Waals surface area (Å²) in [5.41, 5.74) is 4.59. The second-order valence-electron chi connectivity index (χ2n) is 14.1. The van der Waals surface area contributed by atoms with Crippen LogP contribution < -0.4 is 32.0 Å². The molecule has 16 nitrogen and oxygen atoms in total. The number of carbonyl (C=O) groups excluding carboxylic acids is 5. The van der Waals surface area contributed by atoms with E-state index in [0.29, 0.717) is 49.1 Å². The fraction of sp³-hybridized carbons (Fsp3) is 0.462. The predicted molar refractivity (Wildman–Crippen MR) is 205 cm³/mol. The van der Waals surface area contributed by atoms with Gasteiger partial charge in [-0.05, 0) is 69.4 Å². The molecule has 1 aliphatic heterocycles. The number of nitrogens with two attached hydrogens (primary N) is 1. The zero-order valence-electron chi connectivity index (χ0n) is 31.5. The Morgan fingerprint density at radius 1 is 1.00 bits per heavy atom. The van der Waals surface area contributed by atoms with E-state index < -0.39 is 52.1 Å². The first-order valence-electron chi connectivity index (χ1n) is 18.8. The number of nitrogens with one attached hydrogen (secondary N) is 3. The summed E-state index contributed by atoms with van der Waals surface area (Å²) >= 11 is 0. The van der Waals surface area contributed by atoms with Crippen LogP contribution in [0, 0.1) is 17.2 Å². The van der Waals surface area contributed by atoms with Crippen LogP contribution >= 0.6 is 0 Å². The van der Waals surface area contributed by atoms with E-state index in [0.717, 1.165) is 12.5 Å². The SMILES string of the molecule is CCNC(=O)C1(C(=O)C[C@@H](CCCNC(N)=O)C(=O)Nc2ccc(COC(=O)N3CCN(c4cc5c(cc4F)c(=O)c(C(=O)O)cn5CC)CC3)cc2)CCC1. The van der Waals surface area contributed by atoms with Crippen LogP contribution in [0.1, 0.15) is 68.3 Å². The lowest BCUT2D eigenvalue weighted by molar-refractivity contribution is -0.149. The van der Waals surface area contributed by atoms with Gasteiger partial charge in [0.25, 0.3) is 0 Å². The van der Waals surface area contributed by atoms with Crippen LogP contribution in [0.5, 0.6) is 0 Å². The Morgan fingerprint density at radius 2 is 1.70 bits per heavy atom. The summed E-state index contributed by atoms with van der Waals surface area (Å²) in [7, 11) is 0. The number of fused-ring (bicyclic) bond motifs is 1. The zero-order valence-corrected chi connectivity index (χ0v) is 31.5. The maximum atomic E-state index is 15.3. The molecule has 300 valence electrons. The Morgan fingerprint density at radius 3 is 2.29 bits per heavy atom. The van der Waals surface area contributed by atoms with E-state index >= 15 is 4.39 Å². The number of aromatic carboxylic acids is 1. The van der Waals surface area contributed by atoms with E-state index in [1.165, 1.54) is 17.2 Å². The first-order chi connectivity index (χ1) is 26.8. The van der Waals surface area contributed by atoms with Crippen LogP contribution in [0.25, 0.3) is 10.9 Å². The molecule has 1 saturated carbocycles. The van der Waals surface area contributed by atoms with E-state index in [2.05, 4.69) is 16.0 Å². The van der Waals surface area contributed by atoms with Gasteiger partial charge in [0.05, 0.1) is 11.2 Å². The van der Waals surface area contributed by atoms with Gasteiger partial charge in [-0.15, -0.1) is 0 Å². The number of ether oxygens (including phenoxy) is 1. The lowest BCUT2D eigenvalue weighted by Crippen LogP contribution is -2.51. The number of aromatic nitrogens is 1. The van der Waals surface area contributed by atoms with Gasteiger partial charge in [-0.1, -0.05) is 18.6 Å². The molecule has 1 aliphatic carbocycles. The predicted octanol–water partition coefficient (Wildman–Crippen LogP) is 3.59. The number of carboxylic acids is 1. The molecule has 0 bridgehead atoms. The van der Waals surface area contributed by atoms with Crippen molar-refractivity contribution in [3.8, 4) is 0 Å². The number of Topliss-reactive ketones (excluding diaryl/α,β-unsaturated/α-hetero) is 1. The molecule has 2 aromatic carbocycles. The number of amides is 5. The Labute approximate surface area is 322 Å². The lowest BCUT2D eigenvalue weighted by atomic mass is 9.63. The van der Waals surface area contributed by atoms with Gasteiger partial charge in [-0.2, -0.15) is 0 Å². The summed E-state index contributed by atoms with van der Waals surface area (Å²) in [6.45, 7) is 5.56. The van der Waals surface area contributed by atoms with Crippen molar-refractivity contribution in [1.82, 2.24) is 20.1 Å². The van der Waals surface area contributed by atoms with E-state index in [-0.39, 0.29) is 74.9 Å². The number of piperazine rings is 1. The molecule has 1 atom stereocenters. The first-order valence-corrected chi connectivity index (χ1v) is 18.8. The van der Waals surface area contributed by atoms with Gasteiger partial charge in [-0.25, -0.2) is 18.8 Å². The number of primary amides is 1. The van der Waals surface area contributed by atoms with E-state index in [4.69, 9.17) is 10.5 Å². The second-order valence-corrected chi connectivity index (χ2v) is 14.1. The average Bonchev–Trinajstić information content (AvgIpc) is 3.15. The molecule has 5 amide bonds. The van der Waals surface area contributed by atoms with E-state index in [9.17, 15) is 38.7 Å². The van der Waals surface area contributed by atoms with Gasteiger partial charge in [0.1, 0.15) is 29.2 Å². The largest absolute Gasteiger partial charge is 0.477 e. The number of anilines is 2. The van der Waals surface area contributed by atoms with Crippen LogP contribution in [-0.4, -0.2) is 89.5 Å². The molecule has 2 aliphatic rings. The Balaban J connectivity index is 1.15. The second kappa shape index (κ2) is 18.1. The summed E-state index contributed by atoms with van der Waals surface area (Å²) in [5.74, 6) is -3.81. The maximum Gasteiger partial charge on any atom is 0.410 e. The Bertz CT molecular complexity index is 2040. The number of hydrogen-bond acceptors (Lipinski definition) is 9. The van der Waals surface area contributed by atoms with Crippen molar-refractivity contribution in [3.63, 3.8) is 0 Å². The smallest absolute Gasteiger partial charge is 0.410 e. The molecule has 0 unspecified atom stereocenters. The molecule has 17 heteroatoms. The third-order valence-corrected chi connectivity index (χ3v) is 10.5. The van der Waals surface area contributed by atoms with Crippen LogP contribution in [0.4, 0.5) is 25.4 Å². The van der Waals surface area contributed by atoms with Crippen molar-refractivity contribution in [2.45, 2.75) is 65.5 Å². The van der Waals surface area contributed by atoms with Gasteiger partial charge in [-0.3, -0.25) is 19.2 Å². The Hall–Kier alpha value is -6.00. The number of benzene rings is 2. The highest BCUT2D eigenvalue weighted by Crippen LogP contribution is 2.44. The number of pyridine rings is 1. The normalized spacial score (nSPS) is 15.3. The van der Waals surface area contributed by atoms with Gasteiger partial charge in [0.15, 0.2) is 0 Å². The van der Waals surface area contributed by atoms with E-state index in [1.54, 1.807) is 47.6 Å². The summed E-state index contributed by atoms with van der Waals surface area (Å²) < 4.78 is 22.4. The molecule has 6 N–H and O–H groups in total. The van der Waals surface area contributed by atoms with Crippen LogP contribution in [0.2, 0.25) is 0 Å². The zero-order chi connectivity index (χ0) is 40.6. The number of ketones is 1. The Kier molecular flexibility index (Phi) is 13.3. The average molecular weight is 778 g/mol. The molecule has 1 aromatic heterocycles. The molecule has 0 spiro atoms. The van der Waals surface area contributed by atoms with Crippen molar-refractivity contribution in [1.29, 1.82) is 0 Å². The number of nitrogens with zero attached hydrogens (tertiary/aromatic N) is 3. The number of carboxylic acid groups (broad SMARTS) is 1. The number of carbonyl (C=O) groups is 6. The highest BCUT2D eigenvalue weighted by Gasteiger charge is 2.50. The van der Waals surface area contributed by atoms with Gasteiger partial charge >= 0.3 is 18.1 Å². The molecular weight excluding hydrogens is 729 g/mol. The minimum absolute atomic E-state index is 0.0237. The third-order valence-electron chi connectivity index (χ3n) is 10.5. The molecule has 2 heterocycles. The first kappa shape index (κ1) is 41.2. The van der Waals surface area contributed by atoms with Crippen molar-refractivity contribution in [2.75, 3.05) is 49.5 Å². The number of rotatable bonds is 16. The number of aryl methyl sites for hydroxylation is 1. The highest BCUT2D eigenvalue weighted by molar-refractivity contribution is 6.08. The van der Waals surface area contributed by atoms with Crippen molar-refractivity contribution in [2.24, 2.45) is 17.1 Å². The van der Waals surface area contributed by atoms with Crippen LogP contribution in [0.3, 0.4) is 0 Å². The molecular formula is C39H48FN7O9. The molecule has 56 heavy (non-hydrogen) atoms. The fourth-order valence-corrected chi connectivity index (χ4v) is 7.15. The van der Waals surface area contributed by atoms with Crippen molar-refractivity contribution < 1.29 is 43.0 Å². The third kappa shape index (κ3) is 9.26. The molecule has 2 fully saturated rings. The maximum absolute atomic E-state index is 15.3. The van der Waals surface area contributed by atoms with Crippen LogP contribution in [0.15, 0.2) is 47.4 Å². The topological polar surface area (TPSA) is 222 Å². The van der Waals surface area contributed by atoms with Gasteiger partial charge < -0.3 is 45.9 Å². The quantitative estimate of drug-likeness (QED) is 0.105. The summed E-state index contributed by atoms with van der Waals surface area (Å²) in [6.07, 6.45) is 2.86. The summed E-state index contributed by atoms with van der Waals surface area (Å²) in [4.78, 5) is 91.3. The summed E-state index contributed by atoms with van der Waals surface area (Å²) in [6, 6.07) is 8.57. The standard InChI is InChI=1S/C39H48FN7O9/c1-3-42-36(53)39(12-6-13-39)32(48)19-25(7-5-14-43-37(41)54)34(50)44-26-10-8-24(9-11-26)23-56-38(55)47-17-15-46(16-18-47)31-21-30-27(20-29(31)40)33(49)28(35(51)52)22-45(30)4-2/h8-11,20-22,25H,3-7,12-19,23H2,1-2H3,(H,42,53)(H,44,50)(H,51,52)(H3,41,43,54)/t25-/m1/s1. The van der Waals surface area contributed by atoms with E-state index in [1.807, 2.05) is 0 Å². The van der Waals surface area contributed by atoms with Gasteiger partial charge in [0.2, 0.25) is 17.2 Å². The molecule has 3 aromatic rings. The molecule has 5 rings (SSSR count). The summed E-state index contributed by atoms with van der Waals surface area (Å²) in [5, 5.41) is 17.5.